The first-order valence-electron chi connectivity index (χ1n) is 2.70. The van der Waals surface area contributed by atoms with Crippen molar-refractivity contribution >= 4 is 5.97 Å². The van der Waals surface area contributed by atoms with Crippen molar-refractivity contribution in [2.45, 2.75) is 18.9 Å². The van der Waals surface area contributed by atoms with Gasteiger partial charge in [0.25, 0.3) is 0 Å². The van der Waals surface area contributed by atoms with Gasteiger partial charge in [0, 0.05) is 6.04 Å². The average Bonchev–Trinajstić information content (AvgIpc) is 1.64. The first-order chi connectivity index (χ1) is 3.79. The maximum Gasteiger partial charge on any atom is 0.307 e. The summed E-state index contributed by atoms with van der Waals surface area (Å²) in [5.74, 6) is -0.163. The Hall–Kier alpha value is -0.570. The lowest BCUT2D eigenvalue weighted by molar-refractivity contribution is -0.147. The molecule has 46 valence electrons. The number of cyclic esters (lactones) is 1. The number of nitrogens with two attached hydrogens (primary N) is 1. The Labute approximate surface area is 47.8 Å². The predicted octanol–water partition coefficient (Wildman–Crippen LogP) is -0.349. The lowest BCUT2D eigenvalue weighted by Crippen LogP contribution is -2.31. The predicted molar refractivity (Wildman–Crippen MR) is 28.2 cm³/mol. The number of rotatable bonds is 0. The van der Waals surface area contributed by atoms with E-state index in [1.54, 1.807) is 0 Å². The van der Waals surface area contributed by atoms with Gasteiger partial charge in [-0.1, -0.05) is 0 Å². The van der Waals surface area contributed by atoms with E-state index < -0.39 is 0 Å². The van der Waals surface area contributed by atoms with E-state index in [4.69, 9.17) is 5.73 Å². The number of ether oxygens (including phenoxy) is 1. The van der Waals surface area contributed by atoms with Crippen LogP contribution in [0.25, 0.3) is 0 Å². The van der Waals surface area contributed by atoms with Crippen LogP contribution in [0, 0.1) is 0 Å². The summed E-state index contributed by atoms with van der Waals surface area (Å²) in [6, 6.07) is 0.0382. The second-order valence-electron chi connectivity index (χ2n) is 1.97. The SMILES string of the molecule is N[C@H]1CCOC(=O)C1. The number of hydrogen-bond donors (Lipinski definition) is 1. The van der Waals surface area contributed by atoms with E-state index in [0.717, 1.165) is 6.42 Å². The van der Waals surface area contributed by atoms with Crippen molar-refractivity contribution in [1.82, 2.24) is 0 Å². The van der Waals surface area contributed by atoms with Crippen molar-refractivity contribution in [2.24, 2.45) is 5.73 Å². The van der Waals surface area contributed by atoms with Crippen molar-refractivity contribution in [2.75, 3.05) is 6.61 Å². The second kappa shape index (κ2) is 2.13. The van der Waals surface area contributed by atoms with Crippen LogP contribution in [-0.4, -0.2) is 18.6 Å². The Balaban J connectivity index is 2.34. The molecule has 1 aliphatic heterocycles. The van der Waals surface area contributed by atoms with Gasteiger partial charge in [-0.3, -0.25) is 4.79 Å². The quantitative estimate of drug-likeness (QED) is 0.439. The molecule has 2 N–H and O–H groups in total. The van der Waals surface area contributed by atoms with Crippen molar-refractivity contribution in [3.8, 4) is 0 Å². The lowest BCUT2D eigenvalue weighted by Gasteiger charge is -2.16. The summed E-state index contributed by atoms with van der Waals surface area (Å²) in [4.78, 5) is 10.4. The largest absolute Gasteiger partial charge is 0.466 e. The normalized spacial score (nSPS) is 29.6. The first kappa shape index (κ1) is 5.56. The Morgan fingerprint density at radius 2 is 2.50 bits per heavy atom. The molecule has 8 heavy (non-hydrogen) atoms. The highest BCUT2D eigenvalue weighted by Gasteiger charge is 2.15. The molecular formula is C5H9NO2. The summed E-state index contributed by atoms with van der Waals surface area (Å²) in [5, 5.41) is 0. The molecule has 0 aromatic carbocycles. The summed E-state index contributed by atoms with van der Waals surface area (Å²) < 4.78 is 4.63. The third kappa shape index (κ3) is 1.20. The Morgan fingerprint density at radius 1 is 1.75 bits per heavy atom. The smallest absolute Gasteiger partial charge is 0.307 e. The molecule has 0 saturated carbocycles. The highest BCUT2D eigenvalue weighted by Crippen LogP contribution is 2.03. The van der Waals surface area contributed by atoms with Crippen LogP contribution in [0.15, 0.2) is 0 Å². The molecule has 1 atom stereocenters. The van der Waals surface area contributed by atoms with Crippen molar-refractivity contribution in [3.05, 3.63) is 0 Å². The highest BCUT2D eigenvalue weighted by atomic mass is 16.5. The van der Waals surface area contributed by atoms with Crippen LogP contribution < -0.4 is 5.73 Å². The average molecular weight is 115 g/mol. The van der Waals surface area contributed by atoms with E-state index in [1.165, 1.54) is 0 Å². The number of esters is 1. The molecule has 0 spiro atoms. The fourth-order valence-corrected chi connectivity index (χ4v) is 0.699. The Kier molecular flexibility index (Phi) is 1.48. The zero-order valence-corrected chi connectivity index (χ0v) is 4.59. The number of carbonyl (C=O) groups is 1. The summed E-state index contributed by atoms with van der Waals surface area (Å²) in [7, 11) is 0. The van der Waals surface area contributed by atoms with Crippen molar-refractivity contribution in [1.29, 1.82) is 0 Å². The van der Waals surface area contributed by atoms with Crippen LogP contribution in [0.5, 0.6) is 0 Å². The van der Waals surface area contributed by atoms with E-state index in [0.29, 0.717) is 13.0 Å². The van der Waals surface area contributed by atoms with E-state index in [9.17, 15) is 4.79 Å². The van der Waals surface area contributed by atoms with Gasteiger partial charge < -0.3 is 10.5 Å². The first-order valence-corrected chi connectivity index (χ1v) is 2.70. The molecule has 3 nitrogen and oxygen atoms in total. The van der Waals surface area contributed by atoms with Crippen LogP contribution in [-0.2, 0) is 9.53 Å². The monoisotopic (exact) mass is 115 g/mol. The number of hydrogen-bond acceptors (Lipinski definition) is 3. The van der Waals surface area contributed by atoms with E-state index in [2.05, 4.69) is 4.74 Å². The summed E-state index contributed by atoms with van der Waals surface area (Å²) in [6.45, 7) is 0.500. The fourth-order valence-electron chi connectivity index (χ4n) is 0.699. The lowest BCUT2D eigenvalue weighted by atomic mass is 10.1. The maximum atomic E-state index is 10.4. The van der Waals surface area contributed by atoms with Gasteiger partial charge in [-0.15, -0.1) is 0 Å². The molecule has 0 aromatic heterocycles. The summed E-state index contributed by atoms with van der Waals surface area (Å²) in [6.07, 6.45) is 1.20. The van der Waals surface area contributed by atoms with Crippen molar-refractivity contribution < 1.29 is 9.53 Å². The topological polar surface area (TPSA) is 52.3 Å². The van der Waals surface area contributed by atoms with Gasteiger partial charge in [0.05, 0.1) is 13.0 Å². The molecule has 0 aliphatic carbocycles. The van der Waals surface area contributed by atoms with Gasteiger partial charge >= 0.3 is 5.97 Å². The standard InChI is InChI=1S/C5H9NO2/c6-4-1-2-8-5(7)3-4/h4H,1-3,6H2/t4-/m0/s1. The molecular weight excluding hydrogens is 106 g/mol. The molecule has 0 aromatic rings. The molecule has 0 radical (unpaired) electrons. The van der Waals surface area contributed by atoms with E-state index in [1.807, 2.05) is 0 Å². The summed E-state index contributed by atoms with van der Waals surface area (Å²) >= 11 is 0. The molecule has 0 amide bonds. The van der Waals surface area contributed by atoms with E-state index >= 15 is 0 Å². The van der Waals surface area contributed by atoms with Crippen LogP contribution in [0.3, 0.4) is 0 Å². The van der Waals surface area contributed by atoms with Gasteiger partial charge in [0.1, 0.15) is 0 Å². The highest BCUT2D eigenvalue weighted by molar-refractivity contribution is 5.70. The van der Waals surface area contributed by atoms with Crippen LogP contribution in [0.4, 0.5) is 0 Å². The minimum Gasteiger partial charge on any atom is -0.466 e. The van der Waals surface area contributed by atoms with Crippen LogP contribution >= 0.6 is 0 Å². The molecule has 1 aliphatic rings. The van der Waals surface area contributed by atoms with Crippen molar-refractivity contribution in [3.63, 3.8) is 0 Å². The third-order valence-electron chi connectivity index (χ3n) is 1.18. The Morgan fingerprint density at radius 3 is 2.88 bits per heavy atom. The summed E-state index contributed by atoms with van der Waals surface area (Å²) in [5.41, 5.74) is 5.42. The fraction of sp³-hybridized carbons (Fsp3) is 0.800. The molecule has 1 rings (SSSR count). The van der Waals surface area contributed by atoms with Gasteiger partial charge in [-0.2, -0.15) is 0 Å². The maximum absolute atomic E-state index is 10.4. The molecule has 1 saturated heterocycles. The third-order valence-corrected chi connectivity index (χ3v) is 1.18. The zero-order valence-electron chi connectivity index (χ0n) is 4.59. The van der Waals surface area contributed by atoms with Gasteiger partial charge in [-0.25, -0.2) is 0 Å². The molecule has 0 unspecified atom stereocenters. The van der Waals surface area contributed by atoms with Crippen LogP contribution in [0.2, 0.25) is 0 Å². The van der Waals surface area contributed by atoms with Crippen LogP contribution in [0.1, 0.15) is 12.8 Å². The second-order valence-corrected chi connectivity index (χ2v) is 1.97. The minimum atomic E-state index is -0.163. The molecule has 1 fully saturated rings. The Bertz CT molecular complexity index is 103. The molecule has 3 heteroatoms. The molecule has 0 bridgehead atoms. The van der Waals surface area contributed by atoms with Gasteiger partial charge in [-0.05, 0) is 6.42 Å². The van der Waals surface area contributed by atoms with Gasteiger partial charge in [0.2, 0.25) is 0 Å². The zero-order chi connectivity index (χ0) is 5.98. The van der Waals surface area contributed by atoms with Gasteiger partial charge in [0.15, 0.2) is 0 Å². The number of carbonyl (C=O) groups excluding carboxylic acids is 1. The molecule has 1 heterocycles. The van der Waals surface area contributed by atoms with E-state index in [-0.39, 0.29) is 12.0 Å². The minimum absolute atomic E-state index is 0.0382.